The normalized spacial score (nSPS) is 10.8. The minimum Gasteiger partial charge on any atom is -0.497 e. The highest BCUT2D eigenvalue weighted by Gasteiger charge is 2.06. The van der Waals surface area contributed by atoms with Crippen molar-refractivity contribution in [1.29, 1.82) is 5.26 Å². The molecule has 0 aromatic heterocycles. The fourth-order valence-corrected chi connectivity index (χ4v) is 1.81. The van der Waals surface area contributed by atoms with Gasteiger partial charge in [0.15, 0.2) is 0 Å². The quantitative estimate of drug-likeness (QED) is 0.316. The van der Waals surface area contributed by atoms with Gasteiger partial charge < -0.3 is 9.47 Å². The predicted octanol–water partition coefficient (Wildman–Crippen LogP) is 3.73. The Morgan fingerprint density at radius 2 is 1.95 bits per heavy atom. The van der Waals surface area contributed by atoms with E-state index in [9.17, 15) is 4.79 Å². The second kappa shape index (κ2) is 9.60. The lowest BCUT2D eigenvalue weighted by atomic mass is 10.1. The lowest BCUT2D eigenvalue weighted by molar-refractivity contribution is -0.137. The number of methoxy groups -OCH3 is 1. The van der Waals surface area contributed by atoms with Crippen LogP contribution in [0.1, 0.15) is 38.2 Å². The van der Waals surface area contributed by atoms with Crippen molar-refractivity contribution in [2.24, 2.45) is 0 Å². The summed E-state index contributed by atoms with van der Waals surface area (Å²) in [5.41, 5.74) is 0.956. The van der Waals surface area contributed by atoms with Crippen molar-refractivity contribution < 1.29 is 14.3 Å². The number of carbonyl (C=O) groups excluding carboxylic acids is 1. The first-order valence-corrected chi connectivity index (χ1v) is 7.14. The average molecular weight is 287 g/mol. The van der Waals surface area contributed by atoms with Crippen molar-refractivity contribution in [3.63, 3.8) is 0 Å². The maximum Gasteiger partial charge on any atom is 0.332 e. The van der Waals surface area contributed by atoms with Crippen LogP contribution in [0, 0.1) is 11.3 Å². The molecule has 0 bridgehead atoms. The molecule has 0 aliphatic carbocycles. The highest BCUT2D eigenvalue weighted by Crippen LogP contribution is 2.18. The first-order valence-electron chi connectivity index (χ1n) is 7.14. The van der Waals surface area contributed by atoms with Crippen molar-refractivity contribution in [3.05, 3.63) is 35.9 Å². The van der Waals surface area contributed by atoms with Crippen LogP contribution in [0.15, 0.2) is 30.3 Å². The van der Waals surface area contributed by atoms with Crippen molar-refractivity contribution >= 4 is 11.5 Å². The van der Waals surface area contributed by atoms with Crippen LogP contribution in [0.25, 0.3) is 5.57 Å². The Morgan fingerprint density at radius 1 is 1.24 bits per heavy atom. The molecular formula is C17H21NO3. The van der Waals surface area contributed by atoms with E-state index in [0.717, 1.165) is 25.7 Å². The van der Waals surface area contributed by atoms with Crippen LogP contribution in [0.2, 0.25) is 0 Å². The molecule has 1 rings (SSSR count). The standard InChI is InChI=1S/C17H21NO3/c1-3-4-5-6-11-21-17(19)12-15(13-18)14-7-9-16(20-2)10-8-14/h7-10,12H,3-6,11H2,1-2H3. The summed E-state index contributed by atoms with van der Waals surface area (Å²) in [6.45, 7) is 2.53. The van der Waals surface area contributed by atoms with E-state index >= 15 is 0 Å². The number of unbranched alkanes of at least 4 members (excludes halogenated alkanes) is 3. The number of nitriles is 1. The highest BCUT2D eigenvalue weighted by atomic mass is 16.5. The molecular weight excluding hydrogens is 266 g/mol. The Labute approximate surface area is 126 Å². The van der Waals surface area contributed by atoms with Gasteiger partial charge in [0.2, 0.25) is 0 Å². The molecule has 1 aromatic rings. The zero-order valence-electron chi connectivity index (χ0n) is 12.6. The van der Waals surface area contributed by atoms with E-state index in [1.54, 1.807) is 31.4 Å². The molecule has 4 nitrogen and oxygen atoms in total. The minimum atomic E-state index is -0.473. The number of nitrogens with zero attached hydrogens (tertiary/aromatic N) is 1. The summed E-state index contributed by atoms with van der Waals surface area (Å²) in [4.78, 5) is 11.7. The monoisotopic (exact) mass is 287 g/mol. The second-order valence-electron chi connectivity index (χ2n) is 4.63. The summed E-state index contributed by atoms with van der Waals surface area (Å²) in [5.74, 6) is 0.230. The van der Waals surface area contributed by atoms with E-state index in [1.807, 2.05) is 6.07 Å². The number of hydrogen-bond donors (Lipinski definition) is 0. The number of allylic oxidation sites excluding steroid dienone is 1. The van der Waals surface area contributed by atoms with E-state index in [4.69, 9.17) is 14.7 Å². The molecule has 0 saturated carbocycles. The number of esters is 1. The second-order valence-corrected chi connectivity index (χ2v) is 4.63. The van der Waals surface area contributed by atoms with Gasteiger partial charge in [-0.25, -0.2) is 4.79 Å². The SMILES string of the molecule is CCCCCCOC(=O)C=C(C#N)c1ccc(OC)cc1. The topological polar surface area (TPSA) is 59.3 Å². The molecule has 0 atom stereocenters. The van der Waals surface area contributed by atoms with Gasteiger partial charge in [-0.2, -0.15) is 5.26 Å². The van der Waals surface area contributed by atoms with Gasteiger partial charge in [0.1, 0.15) is 11.8 Å². The molecule has 0 fully saturated rings. The fourth-order valence-electron chi connectivity index (χ4n) is 1.81. The lowest BCUT2D eigenvalue weighted by Gasteiger charge is -2.04. The summed E-state index contributed by atoms with van der Waals surface area (Å²) in [6, 6.07) is 8.99. The summed E-state index contributed by atoms with van der Waals surface area (Å²) < 4.78 is 10.2. The lowest BCUT2D eigenvalue weighted by Crippen LogP contribution is -2.03. The van der Waals surface area contributed by atoms with Crippen molar-refractivity contribution in [2.45, 2.75) is 32.6 Å². The molecule has 0 saturated heterocycles. The Balaban J connectivity index is 2.57. The zero-order chi connectivity index (χ0) is 15.5. The number of carbonyl (C=O) groups is 1. The van der Waals surface area contributed by atoms with Gasteiger partial charge in [-0.15, -0.1) is 0 Å². The van der Waals surface area contributed by atoms with E-state index in [1.165, 1.54) is 6.08 Å². The molecule has 0 unspecified atom stereocenters. The molecule has 0 aliphatic rings. The third-order valence-corrected chi connectivity index (χ3v) is 3.03. The van der Waals surface area contributed by atoms with Crippen molar-refractivity contribution in [3.8, 4) is 11.8 Å². The van der Waals surface area contributed by atoms with Gasteiger partial charge in [-0.05, 0) is 36.2 Å². The molecule has 0 N–H and O–H groups in total. The van der Waals surface area contributed by atoms with Gasteiger partial charge >= 0.3 is 5.97 Å². The Hall–Kier alpha value is -2.28. The Kier molecular flexibility index (Phi) is 7.67. The van der Waals surface area contributed by atoms with Crippen LogP contribution in [-0.4, -0.2) is 19.7 Å². The number of rotatable bonds is 8. The van der Waals surface area contributed by atoms with Crippen LogP contribution in [0.4, 0.5) is 0 Å². The predicted molar refractivity (Wildman–Crippen MR) is 81.7 cm³/mol. The molecule has 21 heavy (non-hydrogen) atoms. The summed E-state index contributed by atoms with van der Waals surface area (Å²) in [7, 11) is 1.58. The first kappa shape index (κ1) is 16.8. The fraction of sp³-hybridized carbons (Fsp3) is 0.412. The number of ether oxygens (including phenoxy) is 2. The van der Waals surface area contributed by atoms with E-state index < -0.39 is 5.97 Å². The largest absolute Gasteiger partial charge is 0.497 e. The Bertz CT molecular complexity index is 512. The minimum absolute atomic E-state index is 0.288. The van der Waals surface area contributed by atoms with Crippen molar-refractivity contribution in [2.75, 3.05) is 13.7 Å². The maximum atomic E-state index is 11.7. The molecule has 112 valence electrons. The zero-order valence-corrected chi connectivity index (χ0v) is 12.6. The van der Waals surface area contributed by atoms with Gasteiger partial charge in [0.25, 0.3) is 0 Å². The average Bonchev–Trinajstić information content (AvgIpc) is 2.52. The first-order chi connectivity index (χ1) is 10.2. The van der Waals surface area contributed by atoms with E-state index in [2.05, 4.69) is 6.92 Å². The third-order valence-electron chi connectivity index (χ3n) is 3.03. The van der Waals surface area contributed by atoms with Crippen LogP contribution in [0.3, 0.4) is 0 Å². The molecule has 0 aliphatic heterocycles. The van der Waals surface area contributed by atoms with Gasteiger partial charge in [0, 0.05) is 6.08 Å². The van der Waals surface area contributed by atoms with Gasteiger partial charge in [-0.3, -0.25) is 0 Å². The molecule has 0 radical (unpaired) electrons. The van der Waals surface area contributed by atoms with Crippen LogP contribution < -0.4 is 4.74 Å². The van der Waals surface area contributed by atoms with Crippen LogP contribution in [-0.2, 0) is 9.53 Å². The smallest absolute Gasteiger partial charge is 0.332 e. The van der Waals surface area contributed by atoms with Gasteiger partial charge in [0.05, 0.1) is 19.3 Å². The molecule has 0 heterocycles. The highest BCUT2D eigenvalue weighted by molar-refractivity contribution is 5.95. The molecule has 0 spiro atoms. The van der Waals surface area contributed by atoms with E-state index in [-0.39, 0.29) is 5.57 Å². The van der Waals surface area contributed by atoms with Crippen LogP contribution >= 0.6 is 0 Å². The Morgan fingerprint density at radius 3 is 2.52 bits per heavy atom. The summed E-state index contributed by atoms with van der Waals surface area (Å²) >= 11 is 0. The summed E-state index contributed by atoms with van der Waals surface area (Å²) in [5, 5.41) is 9.14. The number of hydrogen-bond acceptors (Lipinski definition) is 4. The molecule has 1 aromatic carbocycles. The van der Waals surface area contributed by atoms with Crippen molar-refractivity contribution in [1.82, 2.24) is 0 Å². The summed E-state index contributed by atoms with van der Waals surface area (Å²) in [6.07, 6.45) is 5.43. The van der Waals surface area contributed by atoms with Crippen LogP contribution in [0.5, 0.6) is 5.75 Å². The maximum absolute atomic E-state index is 11.7. The van der Waals surface area contributed by atoms with Gasteiger partial charge in [-0.1, -0.05) is 26.2 Å². The molecule has 4 heteroatoms. The van der Waals surface area contributed by atoms with E-state index in [0.29, 0.717) is 17.9 Å². The molecule has 0 amide bonds. The third kappa shape index (κ3) is 6.13. The number of benzene rings is 1.